The van der Waals surface area contributed by atoms with Gasteiger partial charge < -0.3 is 10.0 Å². The molecule has 1 aliphatic heterocycles. The van der Waals surface area contributed by atoms with Gasteiger partial charge in [0, 0.05) is 13.1 Å². The molecular formula is C21H25NO2. The van der Waals surface area contributed by atoms with Gasteiger partial charge in [-0.2, -0.15) is 0 Å². The number of piperidine rings is 1. The van der Waals surface area contributed by atoms with Crippen LogP contribution in [0.5, 0.6) is 0 Å². The van der Waals surface area contributed by atoms with E-state index < -0.39 is 6.09 Å². The molecule has 24 heavy (non-hydrogen) atoms. The molecule has 1 fully saturated rings. The van der Waals surface area contributed by atoms with E-state index in [4.69, 9.17) is 5.11 Å². The fraction of sp³-hybridized carbons (Fsp3) is 0.381. The fourth-order valence-electron chi connectivity index (χ4n) is 3.63. The number of carboxylic acid groups (broad SMARTS) is 1. The summed E-state index contributed by atoms with van der Waals surface area (Å²) in [5, 5.41) is 9.01. The van der Waals surface area contributed by atoms with Crippen molar-refractivity contribution in [3.05, 3.63) is 60.2 Å². The van der Waals surface area contributed by atoms with E-state index in [1.165, 1.54) is 29.5 Å². The minimum Gasteiger partial charge on any atom is -0.465 e. The first kappa shape index (κ1) is 16.6. The first-order chi connectivity index (χ1) is 11.7. The van der Waals surface area contributed by atoms with Gasteiger partial charge in [0.25, 0.3) is 0 Å². The van der Waals surface area contributed by atoms with Crippen LogP contribution in [0.1, 0.15) is 31.2 Å². The minimum atomic E-state index is -0.773. The van der Waals surface area contributed by atoms with E-state index in [-0.39, 0.29) is 0 Å². The Morgan fingerprint density at radius 1 is 1.00 bits per heavy atom. The Balaban J connectivity index is 1.54. The molecule has 0 bridgehead atoms. The molecule has 1 N–H and O–H groups in total. The zero-order valence-corrected chi connectivity index (χ0v) is 14.0. The molecule has 0 radical (unpaired) electrons. The Morgan fingerprint density at radius 2 is 1.67 bits per heavy atom. The van der Waals surface area contributed by atoms with Crippen LogP contribution in [0.15, 0.2) is 54.6 Å². The van der Waals surface area contributed by atoms with Crippen molar-refractivity contribution in [2.45, 2.75) is 32.1 Å². The summed E-state index contributed by atoms with van der Waals surface area (Å²) in [6, 6.07) is 19.2. The molecule has 3 rings (SSSR count). The number of nitrogens with zero attached hydrogens (tertiary/aromatic N) is 1. The Kier molecular flexibility index (Phi) is 5.52. The monoisotopic (exact) mass is 323 g/mol. The molecule has 126 valence electrons. The van der Waals surface area contributed by atoms with Gasteiger partial charge in [0.1, 0.15) is 0 Å². The van der Waals surface area contributed by atoms with Crippen molar-refractivity contribution in [1.82, 2.24) is 4.90 Å². The number of hydrogen-bond donors (Lipinski definition) is 1. The molecule has 1 saturated heterocycles. The second-order valence-corrected chi connectivity index (χ2v) is 6.63. The van der Waals surface area contributed by atoms with Crippen LogP contribution in [-0.4, -0.2) is 29.2 Å². The molecule has 0 atom stereocenters. The number of carbonyl (C=O) groups is 1. The maximum atomic E-state index is 11.0. The van der Waals surface area contributed by atoms with Crippen molar-refractivity contribution in [2.75, 3.05) is 13.1 Å². The highest BCUT2D eigenvalue weighted by Crippen LogP contribution is 2.27. The minimum absolute atomic E-state index is 0.671. The lowest BCUT2D eigenvalue weighted by Gasteiger charge is -2.30. The highest BCUT2D eigenvalue weighted by atomic mass is 16.4. The van der Waals surface area contributed by atoms with Crippen molar-refractivity contribution in [1.29, 1.82) is 0 Å². The largest absolute Gasteiger partial charge is 0.465 e. The predicted octanol–water partition coefficient (Wildman–Crippen LogP) is 5.07. The Labute approximate surface area is 143 Å². The van der Waals surface area contributed by atoms with Crippen molar-refractivity contribution in [3.63, 3.8) is 0 Å². The molecule has 2 aromatic rings. The molecule has 1 amide bonds. The Hall–Kier alpha value is -2.29. The van der Waals surface area contributed by atoms with E-state index >= 15 is 0 Å². The maximum absolute atomic E-state index is 11.0. The van der Waals surface area contributed by atoms with Crippen molar-refractivity contribution in [2.24, 2.45) is 5.92 Å². The number of rotatable bonds is 5. The summed E-state index contributed by atoms with van der Waals surface area (Å²) in [6.45, 7) is 1.39. The van der Waals surface area contributed by atoms with E-state index in [9.17, 15) is 4.79 Å². The fourth-order valence-corrected chi connectivity index (χ4v) is 3.63. The van der Waals surface area contributed by atoms with Crippen LogP contribution >= 0.6 is 0 Å². The normalized spacial score (nSPS) is 15.4. The molecule has 2 aromatic carbocycles. The van der Waals surface area contributed by atoms with E-state index in [0.717, 1.165) is 19.3 Å². The zero-order chi connectivity index (χ0) is 16.8. The average molecular weight is 323 g/mol. The van der Waals surface area contributed by atoms with Crippen molar-refractivity contribution < 1.29 is 9.90 Å². The van der Waals surface area contributed by atoms with E-state index in [1.807, 2.05) is 0 Å². The molecular weight excluding hydrogens is 298 g/mol. The number of hydrogen-bond acceptors (Lipinski definition) is 1. The van der Waals surface area contributed by atoms with Crippen LogP contribution in [0.4, 0.5) is 4.79 Å². The topological polar surface area (TPSA) is 40.5 Å². The smallest absolute Gasteiger partial charge is 0.407 e. The van der Waals surface area contributed by atoms with E-state index in [2.05, 4.69) is 54.6 Å². The summed E-state index contributed by atoms with van der Waals surface area (Å²) in [5.41, 5.74) is 4.02. The second kappa shape index (κ2) is 8.00. The summed E-state index contributed by atoms with van der Waals surface area (Å²) in [4.78, 5) is 12.5. The first-order valence-corrected chi connectivity index (χ1v) is 8.85. The van der Waals surface area contributed by atoms with Crippen LogP contribution < -0.4 is 0 Å². The second-order valence-electron chi connectivity index (χ2n) is 6.63. The van der Waals surface area contributed by atoms with Gasteiger partial charge >= 0.3 is 6.09 Å². The highest BCUT2D eigenvalue weighted by Gasteiger charge is 2.21. The third-order valence-electron chi connectivity index (χ3n) is 5.05. The molecule has 0 spiro atoms. The lowest BCUT2D eigenvalue weighted by molar-refractivity contribution is 0.123. The van der Waals surface area contributed by atoms with Crippen LogP contribution in [-0.2, 0) is 6.42 Å². The summed E-state index contributed by atoms with van der Waals surface area (Å²) in [5.74, 6) is 0.671. The lowest BCUT2D eigenvalue weighted by atomic mass is 9.89. The quantitative estimate of drug-likeness (QED) is 0.835. The Bertz CT molecular complexity index is 661. The van der Waals surface area contributed by atoms with Gasteiger partial charge in [-0.05, 0) is 54.7 Å². The SMILES string of the molecule is O=C(O)N1CCC(CCCc2ccccc2-c2ccccc2)CC1. The Morgan fingerprint density at radius 3 is 2.38 bits per heavy atom. The number of likely N-dealkylation sites (tertiary alicyclic amines) is 1. The van der Waals surface area contributed by atoms with Crippen LogP contribution in [0, 0.1) is 5.92 Å². The third-order valence-corrected chi connectivity index (χ3v) is 5.05. The number of aryl methyl sites for hydroxylation is 1. The van der Waals surface area contributed by atoms with Gasteiger partial charge in [-0.15, -0.1) is 0 Å². The standard InChI is InChI=1S/C21H25NO2/c23-21(24)22-15-13-17(14-16-22)7-6-11-19-10-4-5-12-20(19)18-8-2-1-3-9-18/h1-5,8-10,12,17H,6-7,11,13-16H2,(H,23,24). The summed E-state index contributed by atoms with van der Waals surface area (Å²) in [7, 11) is 0. The summed E-state index contributed by atoms with van der Waals surface area (Å²) in [6.07, 6.45) is 4.69. The molecule has 0 unspecified atom stereocenters. The van der Waals surface area contributed by atoms with Crippen molar-refractivity contribution in [3.8, 4) is 11.1 Å². The third kappa shape index (κ3) is 4.16. The molecule has 3 heteroatoms. The van der Waals surface area contributed by atoms with Gasteiger partial charge in [-0.1, -0.05) is 54.6 Å². The van der Waals surface area contributed by atoms with Crippen molar-refractivity contribution >= 4 is 6.09 Å². The summed E-state index contributed by atoms with van der Waals surface area (Å²) >= 11 is 0. The number of amides is 1. The molecule has 1 heterocycles. The number of benzene rings is 2. The molecule has 0 aromatic heterocycles. The van der Waals surface area contributed by atoms with Crippen LogP contribution in [0.2, 0.25) is 0 Å². The first-order valence-electron chi connectivity index (χ1n) is 8.85. The molecule has 1 aliphatic rings. The van der Waals surface area contributed by atoms with Crippen LogP contribution in [0.3, 0.4) is 0 Å². The van der Waals surface area contributed by atoms with Gasteiger partial charge in [0.15, 0.2) is 0 Å². The lowest BCUT2D eigenvalue weighted by Crippen LogP contribution is -2.37. The van der Waals surface area contributed by atoms with E-state index in [0.29, 0.717) is 19.0 Å². The zero-order valence-electron chi connectivity index (χ0n) is 14.0. The van der Waals surface area contributed by atoms with Gasteiger partial charge in [-0.3, -0.25) is 0 Å². The average Bonchev–Trinajstić information content (AvgIpc) is 2.63. The predicted molar refractivity (Wildman–Crippen MR) is 97.1 cm³/mol. The molecule has 3 nitrogen and oxygen atoms in total. The van der Waals surface area contributed by atoms with Gasteiger partial charge in [-0.25, -0.2) is 4.79 Å². The highest BCUT2D eigenvalue weighted by molar-refractivity contribution is 5.67. The van der Waals surface area contributed by atoms with E-state index in [1.54, 1.807) is 4.90 Å². The summed E-state index contributed by atoms with van der Waals surface area (Å²) < 4.78 is 0. The molecule has 0 saturated carbocycles. The van der Waals surface area contributed by atoms with Crippen LogP contribution in [0.25, 0.3) is 11.1 Å². The molecule has 0 aliphatic carbocycles. The van der Waals surface area contributed by atoms with Gasteiger partial charge in [0.05, 0.1) is 0 Å². The maximum Gasteiger partial charge on any atom is 0.407 e. The van der Waals surface area contributed by atoms with Gasteiger partial charge in [0.2, 0.25) is 0 Å².